The number of ether oxygens (including phenoxy) is 1. The number of hydrogen-bond donors (Lipinski definition) is 2. The quantitative estimate of drug-likeness (QED) is 0.691. The van der Waals surface area contributed by atoms with Crippen molar-refractivity contribution in [1.29, 1.82) is 0 Å². The molecule has 17 heavy (non-hydrogen) atoms. The lowest BCUT2D eigenvalue weighted by atomic mass is 10.3. The van der Waals surface area contributed by atoms with Crippen LogP contribution in [0.1, 0.15) is 13.8 Å². The molecule has 1 atom stereocenters. The van der Waals surface area contributed by atoms with Crippen molar-refractivity contribution in [3.05, 3.63) is 18.3 Å². The minimum absolute atomic E-state index is 0.373. The molecule has 3 N–H and O–H groups in total. The Bertz CT molecular complexity index is 314. The van der Waals surface area contributed by atoms with Crippen molar-refractivity contribution in [1.82, 2.24) is 4.98 Å². The number of aliphatic hydroxyl groups excluding tert-OH is 1. The van der Waals surface area contributed by atoms with Crippen LogP contribution >= 0.6 is 0 Å². The molecular weight excluding hydrogens is 218 g/mol. The number of anilines is 2. The van der Waals surface area contributed by atoms with Gasteiger partial charge in [0.15, 0.2) is 0 Å². The van der Waals surface area contributed by atoms with E-state index in [1.165, 1.54) is 0 Å². The first-order valence-electron chi connectivity index (χ1n) is 5.85. The van der Waals surface area contributed by atoms with Gasteiger partial charge in [-0.25, -0.2) is 4.98 Å². The molecule has 1 aromatic heterocycles. The molecule has 0 radical (unpaired) electrons. The second kappa shape index (κ2) is 7.09. The highest BCUT2D eigenvalue weighted by Crippen LogP contribution is 2.13. The Morgan fingerprint density at radius 2 is 2.29 bits per heavy atom. The van der Waals surface area contributed by atoms with Gasteiger partial charge in [-0.2, -0.15) is 0 Å². The fraction of sp³-hybridized carbons (Fsp3) is 0.583. The summed E-state index contributed by atoms with van der Waals surface area (Å²) in [6.07, 6.45) is 1.34. The third kappa shape index (κ3) is 5.01. The summed E-state index contributed by atoms with van der Waals surface area (Å²) >= 11 is 0. The first kappa shape index (κ1) is 13.7. The van der Waals surface area contributed by atoms with Crippen LogP contribution in [0.4, 0.5) is 11.5 Å². The summed E-state index contributed by atoms with van der Waals surface area (Å²) in [5, 5.41) is 9.06. The fourth-order valence-electron chi connectivity index (χ4n) is 1.48. The van der Waals surface area contributed by atoms with Crippen LogP contribution in [0, 0.1) is 0 Å². The second-order valence-electron chi connectivity index (χ2n) is 3.94. The number of hydrogen-bond acceptors (Lipinski definition) is 5. The molecule has 0 saturated heterocycles. The standard InChI is InChI=1S/C12H21N3O2/c1-3-15(6-7-17-9-10(2)16)11-4-5-12(13)14-8-11/h4-5,8,10,16H,3,6-7,9H2,1-2H3,(H2,13,14). The summed E-state index contributed by atoms with van der Waals surface area (Å²) in [5.41, 5.74) is 6.57. The van der Waals surface area contributed by atoms with Gasteiger partial charge in [-0.15, -0.1) is 0 Å². The summed E-state index contributed by atoms with van der Waals surface area (Å²) in [7, 11) is 0. The molecule has 0 aliphatic heterocycles. The Hall–Kier alpha value is -1.33. The first-order chi connectivity index (χ1) is 8.13. The fourth-order valence-corrected chi connectivity index (χ4v) is 1.48. The molecule has 1 aromatic rings. The maximum absolute atomic E-state index is 9.06. The third-order valence-corrected chi connectivity index (χ3v) is 2.38. The van der Waals surface area contributed by atoms with E-state index >= 15 is 0 Å². The molecule has 0 aliphatic rings. The largest absolute Gasteiger partial charge is 0.391 e. The second-order valence-corrected chi connectivity index (χ2v) is 3.94. The molecule has 0 fully saturated rings. The third-order valence-electron chi connectivity index (χ3n) is 2.38. The summed E-state index contributed by atoms with van der Waals surface area (Å²) in [5.74, 6) is 0.523. The summed E-state index contributed by atoms with van der Waals surface area (Å²) in [6.45, 7) is 6.39. The number of rotatable bonds is 7. The van der Waals surface area contributed by atoms with Gasteiger partial charge in [0.05, 0.1) is 31.2 Å². The van der Waals surface area contributed by atoms with Crippen molar-refractivity contribution >= 4 is 11.5 Å². The number of likely N-dealkylation sites (N-methyl/N-ethyl adjacent to an activating group) is 1. The molecule has 5 heteroatoms. The number of nitrogens with zero attached hydrogens (tertiary/aromatic N) is 2. The SMILES string of the molecule is CCN(CCOCC(C)O)c1ccc(N)nc1. The number of aliphatic hydroxyl groups is 1. The van der Waals surface area contributed by atoms with Gasteiger partial charge < -0.3 is 20.5 Å². The maximum atomic E-state index is 9.06. The zero-order chi connectivity index (χ0) is 12.7. The van der Waals surface area contributed by atoms with Crippen LogP contribution in [0.5, 0.6) is 0 Å². The zero-order valence-corrected chi connectivity index (χ0v) is 10.5. The molecular formula is C12H21N3O2. The van der Waals surface area contributed by atoms with Crippen molar-refractivity contribution in [3.8, 4) is 0 Å². The smallest absolute Gasteiger partial charge is 0.123 e. The lowest BCUT2D eigenvalue weighted by molar-refractivity contribution is 0.0495. The van der Waals surface area contributed by atoms with E-state index in [-0.39, 0.29) is 0 Å². The predicted molar refractivity (Wildman–Crippen MR) is 69.0 cm³/mol. The van der Waals surface area contributed by atoms with Crippen molar-refractivity contribution < 1.29 is 9.84 Å². The molecule has 1 rings (SSSR count). The van der Waals surface area contributed by atoms with E-state index in [0.717, 1.165) is 18.8 Å². The Labute approximate surface area is 102 Å². The lowest BCUT2D eigenvalue weighted by Crippen LogP contribution is -2.28. The van der Waals surface area contributed by atoms with Crippen LogP contribution in [0.25, 0.3) is 0 Å². The van der Waals surface area contributed by atoms with E-state index < -0.39 is 6.10 Å². The van der Waals surface area contributed by atoms with Gasteiger partial charge >= 0.3 is 0 Å². The molecule has 5 nitrogen and oxygen atoms in total. The molecule has 96 valence electrons. The number of nitrogen functional groups attached to an aromatic ring is 1. The summed E-state index contributed by atoms with van der Waals surface area (Å²) in [6, 6.07) is 3.73. The minimum atomic E-state index is -0.414. The zero-order valence-electron chi connectivity index (χ0n) is 10.5. The van der Waals surface area contributed by atoms with E-state index in [0.29, 0.717) is 19.0 Å². The maximum Gasteiger partial charge on any atom is 0.123 e. The minimum Gasteiger partial charge on any atom is -0.391 e. The monoisotopic (exact) mass is 239 g/mol. The van der Waals surface area contributed by atoms with Crippen LogP contribution in [-0.2, 0) is 4.74 Å². The Kier molecular flexibility index (Phi) is 5.72. The van der Waals surface area contributed by atoms with E-state index in [4.69, 9.17) is 15.6 Å². The van der Waals surface area contributed by atoms with Crippen molar-refractivity contribution in [2.75, 3.05) is 36.9 Å². The number of aromatic nitrogens is 1. The average molecular weight is 239 g/mol. The molecule has 0 aromatic carbocycles. The van der Waals surface area contributed by atoms with Crippen molar-refractivity contribution in [3.63, 3.8) is 0 Å². The van der Waals surface area contributed by atoms with E-state index in [1.807, 2.05) is 6.07 Å². The summed E-state index contributed by atoms with van der Waals surface area (Å²) < 4.78 is 5.34. The molecule has 1 unspecified atom stereocenters. The van der Waals surface area contributed by atoms with Crippen LogP contribution in [0.2, 0.25) is 0 Å². The van der Waals surface area contributed by atoms with Crippen molar-refractivity contribution in [2.24, 2.45) is 0 Å². The van der Waals surface area contributed by atoms with Gasteiger partial charge in [0.25, 0.3) is 0 Å². The van der Waals surface area contributed by atoms with Gasteiger partial charge in [0.2, 0.25) is 0 Å². The topological polar surface area (TPSA) is 71.6 Å². The van der Waals surface area contributed by atoms with Crippen LogP contribution < -0.4 is 10.6 Å². The van der Waals surface area contributed by atoms with E-state index in [2.05, 4.69) is 16.8 Å². The number of nitrogens with two attached hydrogens (primary N) is 1. The van der Waals surface area contributed by atoms with E-state index in [9.17, 15) is 0 Å². The molecule has 0 aliphatic carbocycles. The van der Waals surface area contributed by atoms with Gasteiger partial charge in [-0.1, -0.05) is 0 Å². The molecule has 0 amide bonds. The van der Waals surface area contributed by atoms with Gasteiger partial charge in [-0.05, 0) is 26.0 Å². The Morgan fingerprint density at radius 3 is 2.82 bits per heavy atom. The summed E-state index contributed by atoms with van der Waals surface area (Å²) in [4.78, 5) is 6.21. The van der Waals surface area contributed by atoms with E-state index in [1.54, 1.807) is 19.2 Å². The predicted octanol–water partition coefficient (Wildman–Crippen LogP) is 0.888. The van der Waals surface area contributed by atoms with Crippen molar-refractivity contribution in [2.45, 2.75) is 20.0 Å². The average Bonchev–Trinajstić information content (AvgIpc) is 2.30. The molecule has 0 saturated carbocycles. The van der Waals surface area contributed by atoms with Gasteiger partial charge in [0.1, 0.15) is 5.82 Å². The highest BCUT2D eigenvalue weighted by atomic mass is 16.5. The van der Waals surface area contributed by atoms with Gasteiger partial charge in [0, 0.05) is 13.1 Å². The molecule has 1 heterocycles. The van der Waals surface area contributed by atoms with Gasteiger partial charge in [-0.3, -0.25) is 0 Å². The molecule has 0 spiro atoms. The van der Waals surface area contributed by atoms with Crippen LogP contribution in [0.15, 0.2) is 18.3 Å². The van der Waals surface area contributed by atoms with Crippen LogP contribution in [0.3, 0.4) is 0 Å². The first-order valence-corrected chi connectivity index (χ1v) is 5.85. The Morgan fingerprint density at radius 1 is 1.53 bits per heavy atom. The lowest BCUT2D eigenvalue weighted by Gasteiger charge is -2.22. The highest BCUT2D eigenvalue weighted by molar-refractivity contribution is 5.47. The molecule has 0 bridgehead atoms. The number of pyridine rings is 1. The van der Waals surface area contributed by atoms with Crippen LogP contribution in [-0.4, -0.2) is 42.5 Å². The highest BCUT2D eigenvalue weighted by Gasteiger charge is 2.04. The normalized spacial score (nSPS) is 12.4. The Balaban J connectivity index is 2.40.